The van der Waals surface area contributed by atoms with Crippen molar-refractivity contribution in [3.63, 3.8) is 0 Å². The predicted octanol–water partition coefficient (Wildman–Crippen LogP) is 5.88. The Morgan fingerprint density at radius 3 is 2.06 bits per heavy atom. The van der Waals surface area contributed by atoms with Gasteiger partial charge in [0.1, 0.15) is 0 Å². The molecule has 0 N–H and O–H groups in total. The molecule has 0 aromatic heterocycles. The lowest BCUT2D eigenvalue weighted by atomic mass is 9.65. The molecule has 0 nitrogen and oxygen atoms in total. The summed E-state index contributed by atoms with van der Waals surface area (Å²) in [5.74, 6) is 1.54. The minimum atomic E-state index is 0.397. The largest absolute Gasteiger partial charge is 0.123 e. The molecule has 1 rings (SSSR count). The van der Waals surface area contributed by atoms with E-state index in [-0.39, 0.29) is 0 Å². The standard InChI is InChI=1S/C16H31Cl/c1-12-7-8-13(14(17)11-12)16(5,6)10-9-15(2,3)4/h12-14H,7-11H2,1-6H3. The van der Waals surface area contributed by atoms with Crippen molar-refractivity contribution >= 4 is 11.6 Å². The van der Waals surface area contributed by atoms with Crippen LogP contribution in [0.5, 0.6) is 0 Å². The average Bonchev–Trinajstić information content (AvgIpc) is 2.13. The van der Waals surface area contributed by atoms with Crippen LogP contribution in [-0.2, 0) is 0 Å². The molecule has 1 heteroatoms. The third-order valence-electron chi connectivity index (χ3n) is 4.56. The molecule has 102 valence electrons. The van der Waals surface area contributed by atoms with E-state index in [2.05, 4.69) is 41.5 Å². The number of hydrogen-bond donors (Lipinski definition) is 0. The highest BCUT2D eigenvalue weighted by atomic mass is 35.5. The van der Waals surface area contributed by atoms with Crippen molar-refractivity contribution in [2.24, 2.45) is 22.7 Å². The second-order valence-electron chi connectivity index (χ2n) is 8.09. The van der Waals surface area contributed by atoms with E-state index < -0.39 is 0 Å². The maximum atomic E-state index is 6.61. The third-order valence-corrected chi connectivity index (χ3v) is 5.04. The predicted molar refractivity (Wildman–Crippen MR) is 78.6 cm³/mol. The molecule has 0 heterocycles. The van der Waals surface area contributed by atoms with Crippen LogP contribution in [0.15, 0.2) is 0 Å². The fourth-order valence-electron chi connectivity index (χ4n) is 3.07. The first-order chi connectivity index (χ1) is 7.62. The van der Waals surface area contributed by atoms with Crippen LogP contribution >= 0.6 is 11.6 Å². The lowest BCUT2D eigenvalue weighted by molar-refractivity contribution is 0.115. The van der Waals surface area contributed by atoms with Gasteiger partial charge in [-0.3, -0.25) is 0 Å². The van der Waals surface area contributed by atoms with Gasteiger partial charge >= 0.3 is 0 Å². The van der Waals surface area contributed by atoms with Crippen molar-refractivity contribution in [3.05, 3.63) is 0 Å². The quantitative estimate of drug-likeness (QED) is 0.555. The molecule has 0 saturated heterocycles. The van der Waals surface area contributed by atoms with Gasteiger partial charge in [-0.1, -0.05) is 48.0 Å². The first kappa shape index (κ1) is 15.3. The molecule has 3 atom stereocenters. The Labute approximate surface area is 114 Å². The van der Waals surface area contributed by atoms with E-state index in [0.29, 0.717) is 22.1 Å². The van der Waals surface area contributed by atoms with Crippen molar-refractivity contribution < 1.29 is 0 Å². The number of alkyl halides is 1. The van der Waals surface area contributed by atoms with E-state index in [9.17, 15) is 0 Å². The molecule has 0 spiro atoms. The van der Waals surface area contributed by atoms with Gasteiger partial charge in [0.25, 0.3) is 0 Å². The van der Waals surface area contributed by atoms with Crippen LogP contribution < -0.4 is 0 Å². The molecule has 1 aliphatic rings. The summed E-state index contributed by atoms with van der Waals surface area (Å²) in [6.07, 6.45) is 6.51. The highest BCUT2D eigenvalue weighted by molar-refractivity contribution is 6.20. The van der Waals surface area contributed by atoms with E-state index in [1.807, 2.05) is 0 Å². The monoisotopic (exact) mass is 258 g/mol. The zero-order valence-corrected chi connectivity index (χ0v) is 13.4. The van der Waals surface area contributed by atoms with Gasteiger partial charge < -0.3 is 0 Å². The number of hydrogen-bond acceptors (Lipinski definition) is 0. The molecule has 0 aromatic carbocycles. The summed E-state index contributed by atoms with van der Waals surface area (Å²) in [6.45, 7) is 14.2. The Morgan fingerprint density at radius 1 is 1.00 bits per heavy atom. The van der Waals surface area contributed by atoms with Crippen LogP contribution in [0.2, 0.25) is 0 Å². The van der Waals surface area contributed by atoms with Gasteiger partial charge in [0.05, 0.1) is 0 Å². The molecule has 17 heavy (non-hydrogen) atoms. The Morgan fingerprint density at radius 2 is 1.59 bits per heavy atom. The summed E-state index contributed by atoms with van der Waals surface area (Å²) < 4.78 is 0. The van der Waals surface area contributed by atoms with E-state index >= 15 is 0 Å². The van der Waals surface area contributed by atoms with Crippen molar-refractivity contribution in [1.82, 2.24) is 0 Å². The van der Waals surface area contributed by atoms with Gasteiger partial charge in [0.15, 0.2) is 0 Å². The van der Waals surface area contributed by atoms with Crippen LogP contribution in [0, 0.1) is 22.7 Å². The Bertz CT molecular complexity index is 236. The molecule has 1 saturated carbocycles. The lowest BCUT2D eigenvalue weighted by Gasteiger charge is -2.43. The van der Waals surface area contributed by atoms with Gasteiger partial charge in [-0.15, -0.1) is 11.6 Å². The smallest absolute Gasteiger partial charge is 0.0371 e. The summed E-state index contributed by atoms with van der Waals surface area (Å²) in [6, 6.07) is 0. The van der Waals surface area contributed by atoms with Crippen molar-refractivity contribution in [2.45, 2.75) is 79.0 Å². The van der Waals surface area contributed by atoms with Crippen molar-refractivity contribution in [2.75, 3.05) is 0 Å². The van der Waals surface area contributed by atoms with Gasteiger partial charge in [0.2, 0.25) is 0 Å². The normalized spacial score (nSPS) is 31.6. The lowest BCUT2D eigenvalue weighted by Crippen LogP contribution is -2.36. The van der Waals surface area contributed by atoms with Crippen LogP contribution in [0.3, 0.4) is 0 Å². The third kappa shape index (κ3) is 4.81. The average molecular weight is 259 g/mol. The first-order valence-corrected chi connectivity index (χ1v) is 7.69. The maximum Gasteiger partial charge on any atom is 0.0371 e. The summed E-state index contributed by atoms with van der Waals surface area (Å²) in [7, 11) is 0. The number of rotatable bonds is 3. The van der Waals surface area contributed by atoms with Crippen LogP contribution in [0.4, 0.5) is 0 Å². The molecule has 0 aromatic rings. The zero-order chi connectivity index (χ0) is 13.3. The van der Waals surface area contributed by atoms with E-state index in [1.54, 1.807) is 0 Å². The molecule has 0 aliphatic heterocycles. The first-order valence-electron chi connectivity index (χ1n) is 7.26. The topological polar surface area (TPSA) is 0 Å². The van der Waals surface area contributed by atoms with Gasteiger partial charge in [-0.25, -0.2) is 0 Å². The molecule has 1 aliphatic carbocycles. The second-order valence-corrected chi connectivity index (χ2v) is 8.65. The SMILES string of the molecule is CC1CCC(C(C)(C)CCC(C)(C)C)C(Cl)C1. The molecule has 1 fully saturated rings. The van der Waals surface area contributed by atoms with Crippen LogP contribution in [0.1, 0.15) is 73.6 Å². The van der Waals surface area contributed by atoms with E-state index in [0.717, 1.165) is 5.92 Å². The fraction of sp³-hybridized carbons (Fsp3) is 1.00. The van der Waals surface area contributed by atoms with Crippen molar-refractivity contribution in [1.29, 1.82) is 0 Å². The highest BCUT2D eigenvalue weighted by Gasteiger charge is 2.38. The Hall–Kier alpha value is 0.290. The maximum absolute atomic E-state index is 6.61. The minimum absolute atomic E-state index is 0.397. The fourth-order valence-corrected chi connectivity index (χ4v) is 3.85. The minimum Gasteiger partial charge on any atom is -0.123 e. The molecule has 0 radical (unpaired) electrons. The Kier molecular flexibility index (Phi) is 4.97. The second kappa shape index (κ2) is 5.51. The molecular weight excluding hydrogens is 228 g/mol. The molecular formula is C16H31Cl. The van der Waals surface area contributed by atoms with Gasteiger partial charge in [-0.2, -0.15) is 0 Å². The van der Waals surface area contributed by atoms with Crippen LogP contribution in [0.25, 0.3) is 0 Å². The molecule has 0 bridgehead atoms. The van der Waals surface area contributed by atoms with Crippen LogP contribution in [-0.4, -0.2) is 5.38 Å². The number of halogens is 1. The summed E-state index contributed by atoms with van der Waals surface area (Å²) in [4.78, 5) is 0. The summed E-state index contributed by atoms with van der Waals surface area (Å²) >= 11 is 6.61. The van der Waals surface area contributed by atoms with E-state index in [1.165, 1.54) is 32.1 Å². The molecule has 3 unspecified atom stereocenters. The summed E-state index contributed by atoms with van der Waals surface area (Å²) in [5, 5.41) is 0.397. The van der Waals surface area contributed by atoms with E-state index in [4.69, 9.17) is 11.6 Å². The Balaban J connectivity index is 2.57. The van der Waals surface area contributed by atoms with Crippen molar-refractivity contribution in [3.8, 4) is 0 Å². The van der Waals surface area contributed by atoms with Gasteiger partial charge in [-0.05, 0) is 48.3 Å². The zero-order valence-electron chi connectivity index (χ0n) is 12.6. The highest BCUT2D eigenvalue weighted by Crippen LogP contribution is 2.46. The summed E-state index contributed by atoms with van der Waals surface area (Å²) in [5.41, 5.74) is 0.848. The van der Waals surface area contributed by atoms with Gasteiger partial charge in [0, 0.05) is 5.38 Å². The molecule has 0 amide bonds.